The topological polar surface area (TPSA) is 120 Å². The predicted molar refractivity (Wildman–Crippen MR) is 80.0 cm³/mol. The van der Waals surface area contributed by atoms with Gasteiger partial charge < -0.3 is 15.5 Å². The molecule has 0 bridgehead atoms. The number of amides is 1. The highest BCUT2D eigenvalue weighted by atomic mass is 32.1. The van der Waals surface area contributed by atoms with Crippen LogP contribution in [0.2, 0.25) is 0 Å². The van der Waals surface area contributed by atoms with Gasteiger partial charge in [-0.25, -0.2) is 19.3 Å². The summed E-state index contributed by atoms with van der Waals surface area (Å²) in [6.45, 7) is 2.08. The van der Waals surface area contributed by atoms with Crippen molar-refractivity contribution in [2.24, 2.45) is 0 Å². The molecule has 8 nitrogen and oxygen atoms in total. The molecule has 0 aromatic carbocycles. The minimum absolute atomic E-state index is 0.0283. The van der Waals surface area contributed by atoms with Crippen molar-refractivity contribution in [1.29, 1.82) is 0 Å². The Kier molecular flexibility index (Phi) is 3.79. The monoisotopic (exact) mass is 316 g/mol. The number of carbonyl (C=O) groups is 1. The smallest absolute Gasteiger partial charge is 0.274 e. The van der Waals surface area contributed by atoms with Crippen LogP contribution in [0.15, 0.2) is 29.1 Å². The van der Waals surface area contributed by atoms with Crippen molar-refractivity contribution >= 4 is 23.3 Å². The van der Waals surface area contributed by atoms with Gasteiger partial charge in [0.1, 0.15) is 12.0 Å². The number of hydrogen-bond acceptors (Lipinski definition) is 8. The third-order valence-corrected chi connectivity index (χ3v) is 3.60. The summed E-state index contributed by atoms with van der Waals surface area (Å²) in [5.74, 6) is -0.0469. The van der Waals surface area contributed by atoms with Crippen LogP contribution in [-0.2, 0) is 6.54 Å². The Balaban J connectivity index is 1.82. The van der Waals surface area contributed by atoms with Crippen molar-refractivity contribution in [2.75, 3.05) is 5.73 Å². The first-order valence-corrected chi connectivity index (χ1v) is 7.14. The van der Waals surface area contributed by atoms with Gasteiger partial charge >= 0.3 is 0 Å². The van der Waals surface area contributed by atoms with E-state index in [1.54, 1.807) is 13.1 Å². The van der Waals surface area contributed by atoms with E-state index in [4.69, 9.17) is 10.2 Å². The molecule has 9 heteroatoms. The molecule has 3 N–H and O–H groups in total. The Labute approximate surface area is 129 Å². The molecule has 1 amide bonds. The largest absolute Gasteiger partial charge is 0.443 e. The molecular weight excluding hydrogens is 304 g/mol. The highest BCUT2D eigenvalue weighted by molar-refractivity contribution is 7.05. The normalized spacial score (nSPS) is 10.6. The van der Waals surface area contributed by atoms with E-state index in [1.807, 2.05) is 6.07 Å². The van der Waals surface area contributed by atoms with Crippen molar-refractivity contribution in [3.8, 4) is 11.6 Å². The van der Waals surface area contributed by atoms with Crippen LogP contribution in [0.4, 0.5) is 5.82 Å². The molecule has 0 spiro atoms. The van der Waals surface area contributed by atoms with Crippen molar-refractivity contribution in [3.05, 3.63) is 41.0 Å². The number of oxazole rings is 1. The molecule has 3 aromatic rings. The quantitative estimate of drug-likeness (QED) is 0.746. The van der Waals surface area contributed by atoms with E-state index in [2.05, 4.69) is 24.6 Å². The number of nitrogens with two attached hydrogens (primary N) is 1. The van der Waals surface area contributed by atoms with E-state index in [1.165, 1.54) is 24.0 Å². The minimum Gasteiger partial charge on any atom is -0.443 e. The standard InChI is InChI=1S/C13H12N6O2S/c1-7-9(13-15-4-5-21-13)19-11(14)10(18-7)12(20)16-6-8-2-3-17-22-8/h2-5H,6H2,1H3,(H2,14,19)(H,16,20). The first kappa shape index (κ1) is 14.1. The zero-order valence-electron chi connectivity index (χ0n) is 11.6. The highest BCUT2D eigenvalue weighted by Gasteiger charge is 2.18. The number of hydrogen-bond donors (Lipinski definition) is 2. The lowest BCUT2D eigenvalue weighted by molar-refractivity contribution is 0.0947. The van der Waals surface area contributed by atoms with Gasteiger partial charge in [0.15, 0.2) is 11.5 Å². The second kappa shape index (κ2) is 5.90. The number of anilines is 1. The molecule has 0 radical (unpaired) electrons. The first-order chi connectivity index (χ1) is 10.6. The Hall–Kier alpha value is -2.81. The van der Waals surface area contributed by atoms with E-state index in [0.717, 1.165) is 4.88 Å². The van der Waals surface area contributed by atoms with Gasteiger partial charge in [0.25, 0.3) is 5.91 Å². The molecule has 0 aliphatic heterocycles. The van der Waals surface area contributed by atoms with Gasteiger partial charge in [0.05, 0.1) is 18.4 Å². The molecule has 0 aliphatic rings. The molecule has 3 aromatic heterocycles. The molecule has 0 saturated carbocycles. The maximum atomic E-state index is 12.2. The summed E-state index contributed by atoms with van der Waals surface area (Å²) in [6, 6.07) is 1.83. The number of nitrogen functional groups attached to an aromatic ring is 1. The van der Waals surface area contributed by atoms with Crippen LogP contribution in [-0.4, -0.2) is 25.2 Å². The van der Waals surface area contributed by atoms with Gasteiger partial charge in [-0.2, -0.15) is 0 Å². The van der Waals surface area contributed by atoms with Crippen LogP contribution >= 0.6 is 11.5 Å². The second-order valence-electron chi connectivity index (χ2n) is 4.39. The molecule has 0 fully saturated rings. The van der Waals surface area contributed by atoms with Crippen molar-refractivity contribution in [1.82, 2.24) is 24.6 Å². The van der Waals surface area contributed by atoms with Gasteiger partial charge in [-0.15, -0.1) is 0 Å². The van der Waals surface area contributed by atoms with E-state index < -0.39 is 0 Å². The highest BCUT2D eigenvalue weighted by Crippen LogP contribution is 2.20. The summed E-state index contributed by atoms with van der Waals surface area (Å²) >= 11 is 1.32. The lowest BCUT2D eigenvalue weighted by atomic mass is 10.2. The Morgan fingerprint density at radius 3 is 2.95 bits per heavy atom. The molecular formula is C13H12N6O2S. The summed E-state index contributed by atoms with van der Waals surface area (Å²) in [7, 11) is 0. The van der Waals surface area contributed by atoms with Crippen LogP contribution in [0, 0.1) is 6.92 Å². The van der Waals surface area contributed by atoms with E-state index >= 15 is 0 Å². The molecule has 0 unspecified atom stereocenters. The van der Waals surface area contributed by atoms with Gasteiger partial charge in [0.2, 0.25) is 5.89 Å². The third kappa shape index (κ3) is 2.79. The van der Waals surface area contributed by atoms with E-state index in [0.29, 0.717) is 23.8 Å². The Morgan fingerprint density at radius 2 is 2.27 bits per heavy atom. The summed E-state index contributed by atoms with van der Waals surface area (Å²) in [6.07, 6.45) is 4.61. The fourth-order valence-corrected chi connectivity index (χ4v) is 2.34. The number of carbonyl (C=O) groups excluding carboxylic acids is 1. The van der Waals surface area contributed by atoms with Crippen molar-refractivity contribution in [3.63, 3.8) is 0 Å². The Morgan fingerprint density at radius 1 is 1.41 bits per heavy atom. The molecule has 0 aliphatic carbocycles. The maximum Gasteiger partial charge on any atom is 0.274 e. The van der Waals surface area contributed by atoms with Crippen LogP contribution in [0.5, 0.6) is 0 Å². The zero-order valence-corrected chi connectivity index (χ0v) is 12.4. The van der Waals surface area contributed by atoms with E-state index in [-0.39, 0.29) is 17.4 Å². The molecule has 112 valence electrons. The van der Waals surface area contributed by atoms with Gasteiger partial charge in [-0.05, 0) is 24.5 Å². The number of rotatable bonds is 4. The van der Waals surface area contributed by atoms with Crippen LogP contribution < -0.4 is 11.1 Å². The van der Waals surface area contributed by atoms with Crippen molar-refractivity contribution in [2.45, 2.75) is 13.5 Å². The van der Waals surface area contributed by atoms with Gasteiger partial charge in [0, 0.05) is 11.1 Å². The molecule has 0 saturated heterocycles. The Bertz CT molecular complexity index is 785. The zero-order chi connectivity index (χ0) is 15.5. The number of nitrogens with one attached hydrogen (secondary N) is 1. The third-order valence-electron chi connectivity index (χ3n) is 2.86. The lowest BCUT2D eigenvalue weighted by Gasteiger charge is -2.08. The van der Waals surface area contributed by atoms with Gasteiger partial charge in [-0.3, -0.25) is 4.79 Å². The maximum absolute atomic E-state index is 12.2. The summed E-state index contributed by atoms with van der Waals surface area (Å²) in [4.78, 5) is 25.5. The average molecular weight is 316 g/mol. The molecule has 3 rings (SSSR count). The number of aromatic nitrogens is 4. The second-order valence-corrected chi connectivity index (χ2v) is 5.31. The first-order valence-electron chi connectivity index (χ1n) is 6.37. The molecule has 22 heavy (non-hydrogen) atoms. The lowest BCUT2D eigenvalue weighted by Crippen LogP contribution is -2.25. The van der Waals surface area contributed by atoms with E-state index in [9.17, 15) is 4.79 Å². The fourth-order valence-electron chi connectivity index (χ4n) is 1.83. The van der Waals surface area contributed by atoms with Crippen LogP contribution in [0.3, 0.4) is 0 Å². The SMILES string of the molecule is Cc1nc(C(=O)NCc2ccns2)c(N)nc1-c1ncco1. The summed E-state index contributed by atoms with van der Waals surface area (Å²) < 4.78 is 9.14. The predicted octanol–water partition coefficient (Wildman–Crippen LogP) is 1.41. The minimum atomic E-state index is -0.388. The summed E-state index contributed by atoms with van der Waals surface area (Å²) in [5.41, 5.74) is 6.85. The van der Waals surface area contributed by atoms with Gasteiger partial charge in [-0.1, -0.05) is 0 Å². The number of aryl methyl sites for hydroxylation is 1. The molecule has 3 heterocycles. The van der Waals surface area contributed by atoms with Crippen molar-refractivity contribution < 1.29 is 9.21 Å². The number of nitrogens with zero attached hydrogens (tertiary/aromatic N) is 4. The molecule has 0 atom stereocenters. The summed E-state index contributed by atoms with van der Waals surface area (Å²) in [5, 5.41) is 2.73. The van der Waals surface area contributed by atoms with Crippen LogP contribution in [0.1, 0.15) is 21.1 Å². The van der Waals surface area contributed by atoms with Crippen LogP contribution in [0.25, 0.3) is 11.6 Å². The average Bonchev–Trinajstić information content (AvgIpc) is 3.19. The fraction of sp³-hybridized carbons (Fsp3) is 0.154.